The molecule has 0 aromatic carbocycles. The van der Waals surface area contributed by atoms with E-state index in [-0.39, 0.29) is 17.8 Å². The van der Waals surface area contributed by atoms with Crippen LogP contribution < -0.4 is 11.2 Å². The first-order chi connectivity index (χ1) is 9.52. The Balaban J connectivity index is 2.04. The van der Waals surface area contributed by atoms with Crippen LogP contribution in [0.4, 0.5) is 0 Å². The Hall–Kier alpha value is -1.44. The fraction of sp³-hybridized carbons (Fsp3) is 0.692. The molecule has 4 atom stereocenters. The number of nitrogens with one attached hydrogen (secondary N) is 1. The first-order valence-corrected chi connectivity index (χ1v) is 6.66. The number of aryl methyl sites for hydroxylation is 1. The Morgan fingerprint density at radius 2 is 2.30 bits per heavy atom. The second-order valence-corrected chi connectivity index (χ2v) is 5.34. The number of aromatic nitrogens is 2. The van der Waals surface area contributed by atoms with E-state index in [4.69, 9.17) is 14.2 Å². The Morgan fingerprint density at radius 1 is 1.55 bits per heavy atom. The van der Waals surface area contributed by atoms with Gasteiger partial charge in [0.25, 0.3) is 5.56 Å². The number of aromatic amines is 1. The first kappa shape index (κ1) is 13.5. The Bertz CT molecular complexity index is 636. The van der Waals surface area contributed by atoms with Gasteiger partial charge in [-0.15, -0.1) is 0 Å². The number of hydrogen-bond donors (Lipinski definition) is 1. The third kappa shape index (κ3) is 1.70. The van der Waals surface area contributed by atoms with Crippen LogP contribution in [-0.4, -0.2) is 41.1 Å². The first-order valence-electron chi connectivity index (χ1n) is 6.66. The van der Waals surface area contributed by atoms with Gasteiger partial charge in [0.15, 0.2) is 6.23 Å². The van der Waals surface area contributed by atoms with Gasteiger partial charge in [-0.25, -0.2) is 4.79 Å². The number of methoxy groups -OCH3 is 1. The van der Waals surface area contributed by atoms with E-state index in [1.165, 1.54) is 10.8 Å². The predicted octanol–water partition coefficient (Wildman–Crippen LogP) is -0.0636. The summed E-state index contributed by atoms with van der Waals surface area (Å²) in [6.45, 7) is 4.10. The van der Waals surface area contributed by atoms with Crippen molar-refractivity contribution in [2.45, 2.75) is 44.3 Å². The molecule has 2 saturated heterocycles. The molecule has 2 fully saturated rings. The molecule has 1 unspecified atom stereocenters. The van der Waals surface area contributed by atoms with E-state index in [0.29, 0.717) is 12.2 Å². The van der Waals surface area contributed by atoms with Crippen LogP contribution in [-0.2, 0) is 14.2 Å². The molecule has 1 aromatic rings. The number of fused-ring (bicyclic) bond motifs is 2. The summed E-state index contributed by atoms with van der Waals surface area (Å²) >= 11 is 0. The van der Waals surface area contributed by atoms with Gasteiger partial charge in [0.2, 0.25) is 0 Å². The van der Waals surface area contributed by atoms with E-state index < -0.39 is 17.5 Å². The van der Waals surface area contributed by atoms with Crippen LogP contribution in [0.1, 0.15) is 25.1 Å². The lowest BCUT2D eigenvalue weighted by molar-refractivity contribution is -0.176. The Labute approximate surface area is 115 Å². The van der Waals surface area contributed by atoms with Crippen LogP contribution in [0, 0.1) is 6.92 Å². The van der Waals surface area contributed by atoms with E-state index in [0.717, 1.165) is 6.42 Å². The van der Waals surface area contributed by atoms with Crippen molar-refractivity contribution in [1.29, 1.82) is 0 Å². The molecular formula is C13H18N2O5. The molecule has 7 nitrogen and oxygen atoms in total. The van der Waals surface area contributed by atoms with Gasteiger partial charge in [0.1, 0.15) is 17.8 Å². The van der Waals surface area contributed by atoms with E-state index in [1.807, 2.05) is 6.92 Å². The number of hydrogen-bond acceptors (Lipinski definition) is 5. The molecule has 20 heavy (non-hydrogen) atoms. The number of ether oxygens (including phenoxy) is 3. The monoisotopic (exact) mass is 282 g/mol. The maximum Gasteiger partial charge on any atom is 0.330 e. The smallest absolute Gasteiger partial charge is 0.330 e. The maximum atomic E-state index is 12.0. The van der Waals surface area contributed by atoms with Gasteiger partial charge in [-0.05, 0) is 13.3 Å². The highest BCUT2D eigenvalue weighted by molar-refractivity contribution is 5.09. The number of nitrogens with zero attached hydrogens (tertiary/aromatic N) is 1. The molecule has 2 bridgehead atoms. The molecule has 0 aliphatic carbocycles. The zero-order chi connectivity index (χ0) is 14.5. The summed E-state index contributed by atoms with van der Waals surface area (Å²) in [5.74, 6) is 0. The van der Waals surface area contributed by atoms with Gasteiger partial charge >= 0.3 is 5.69 Å². The molecular weight excluding hydrogens is 264 g/mol. The lowest BCUT2D eigenvalue weighted by Gasteiger charge is -2.30. The molecule has 2 aliphatic heterocycles. The van der Waals surface area contributed by atoms with Gasteiger partial charge < -0.3 is 14.2 Å². The van der Waals surface area contributed by atoms with Crippen LogP contribution in [0.3, 0.4) is 0 Å². The topological polar surface area (TPSA) is 82.5 Å². The second kappa shape index (κ2) is 4.54. The molecule has 3 heterocycles. The molecule has 0 amide bonds. The lowest BCUT2D eigenvalue weighted by atomic mass is 9.96. The second-order valence-electron chi connectivity index (χ2n) is 5.34. The van der Waals surface area contributed by atoms with Crippen molar-refractivity contribution < 1.29 is 14.2 Å². The average Bonchev–Trinajstić information content (AvgIpc) is 2.95. The summed E-state index contributed by atoms with van der Waals surface area (Å²) in [6.07, 6.45) is 1.11. The summed E-state index contributed by atoms with van der Waals surface area (Å²) in [5, 5.41) is 0. The van der Waals surface area contributed by atoms with E-state index in [9.17, 15) is 9.59 Å². The molecule has 110 valence electrons. The lowest BCUT2D eigenvalue weighted by Crippen LogP contribution is -2.41. The van der Waals surface area contributed by atoms with Crippen LogP contribution in [0.5, 0.6) is 0 Å². The maximum absolute atomic E-state index is 12.0. The largest absolute Gasteiger partial charge is 0.375 e. The van der Waals surface area contributed by atoms with Crippen molar-refractivity contribution in [2.24, 2.45) is 0 Å². The third-order valence-electron chi connectivity index (χ3n) is 4.25. The number of H-pyrrole nitrogens is 1. The van der Waals surface area contributed by atoms with Gasteiger partial charge in [0.05, 0.1) is 6.61 Å². The van der Waals surface area contributed by atoms with Crippen molar-refractivity contribution in [1.82, 2.24) is 9.55 Å². The fourth-order valence-electron chi connectivity index (χ4n) is 3.07. The van der Waals surface area contributed by atoms with Crippen molar-refractivity contribution in [3.63, 3.8) is 0 Å². The third-order valence-corrected chi connectivity index (χ3v) is 4.25. The van der Waals surface area contributed by atoms with Crippen LogP contribution in [0.15, 0.2) is 15.8 Å². The highest BCUT2D eigenvalue weighted by Gasteiger charge is 2.61. The molecule has 3 rings (SSSR count). The summed E-state index contributed by atoms with van der Waals surface area (Å²) < 4.78 is 18.7. The SMILES string of the molecule is CC[C@]12CO[C@@H](C1OC)[C@H](n1cc(C)c(=O)[nH]c1=O)O2. The van der Waals surface area contributed by atoms with E-state index >= 15 is 0 Å². The predicted molar refractivity (Wildman–Crippen MR) is 69.7 cm³/mol. The molecule has 0 radical (unpaired) electrons. The zero-order valence-corrected chi connectivity index (χ0v) is 11.7. The van der Waals surface area contributed by atoms with Crippen molar-refractivity contribution in [3.05, 3.63) is 32.6 Å². The van der Waals surface area contributed by atoms with Crippen molar-refractivity contribution in [2.75, 3.05) is 13.7 Å². The summed E-state index contributed by atoms with van der Waals surface area (Å²) in [7, 11) is 1.61. The van der Waals surface area contributed by atoms with Crippen LogP contribution in [0.2, 0.25) is 0 Å². The number of rotatable bonds is 3. The average molecular weight is 282 g/mol. The van der Waals surface area contributed by atoms with Crippen molar-refractivity contribution >= 4 is 0 Å². The van der Waals surface area contributed by atoms with Crippen LogP contribution in [0.25, 0.3) is 0 Å². The summed E-state index contributed by atoms with van der Waals surface area (Å²) in [5.41, 5.74) is -0.949. The quantitative estimate of drug-likeness (QED) is 0.839. The van der Waals surface area contributed by atoms with E-state index in [1.54, 1.807) is 14.0 Å². The minimum Gasteiger partial charge on any atom is -0.375 e. The van der Waals surface area contributed by atoms with E-state index in [2.05, 4.69) is 4.98 Å². The summed E-state index contributed by atoms with van der Waals surface area (Å²) in [4.78, 5) is 25.7. The van der Waals surface area contributed by atoms with Gasteiger partial charge in [-0.1, -0.05) is 6.92 Å². The Morgan fingerprint density at radius 3 is 2.90 bits per heavy atom. The highest BCUT2D eigenvalue weighted by atomic mass is 16.7. The zero-order valence-electron chi connectivity index (χ0n) is 11.7. The summed E-state index contributed by atoms with van der Waals surface area (Å²) in [6, 6.07) is 0. The molecule has 7 heteroatoms. The molecule has 1 N–H and O–H groups in total. The minimum absolute atomic E-state index is 0.211. The van der Waals surface area contributed by atoms with Gasteiger partial charge in [0, 0.05) is 18.9 Å². The normalized spacial score (nSPS) is 35.6. The van der Waals surface area contributed by atoms with Crippen LogP contribution >= 0.6 is 0 Å². The molecule has 1 aromatic heterocycles. The molecule has 2 aliphatic rings. The Kier molecular flexibility index (Phi) is 3.07. The minimum atomic E-state index is -0.573. The molecule has 0 spiro atoms. The fourth-order valence-corrected chi connectivity index (χ4v) is 3.07. The van der Waals surface area contributed by atoms with Gasteiger partial charge in [-0.2, -0.15) is 0 Å². The standard InChI is InChI=1S/C13H18N2O5/c1-4-13-6-19-8(9(13)18-3)11(20-13)15-5-7(2)10(16)14-12(15)17/h5,8-9,11H,4,6H2,1-3H3,(H,14,16,17)/t8-,9?,11+,13-/m0/s1. The van der Waals surface area contributed by atoms with Crippen molar-refractivity contribution in [3.8, 4) is 0 Å². The highest BCUT2D eigenvalue weighted by Crippen LogP contribution is 2.47. The van der Waals surface area contributed by atoms with Gasteiger partial charge in [-0.3, -0.25) is 14.3 Å². The molecule has 0 saturated carbocycles.